The normalized spacial score (nSPS) is 12.2. The van der Waals surface area contributed by atoms with Crippen molar-refractivity contribution in [2.45, 2.75) is 11.8 Å². The molecule has 1 aromatic heterocycles. The second-order valence-electron chi connectivity index (χ2n) is 8.28. The lowest BCUT2D eigenvalue weighted by Gasteiger charge is -2.16. The molecule has 0 saturated carbocycles. The number of nitrogens with zero attached hydrogens (tertiary/aromatic N) is 3. The first-order chi connectivity index (χ1) is 17.9. The molecule has 3 aromatic rings. The number of carboxylic acids is 1. The number of aliphatic carboxylic acids is 1. The predicted octanol–water partition coefficient (Wildman–Crippen LogP) is 4.48. The topological polar surface area (TPSA) is 138 Å². The Morgan fingerprint density at radius 1 is 1.26 bits per heavy atom. The second kappa shape index (κ2) is 12.0. The summed E-state index contributed by atoms with van der Waals surface area (Å²) in [6.07, 6.45) is 3.49. The van der Waals surface area contributed by atoms with Gasteiger partial charge in [-0.05, 0) is 42.0 Å². The summed E-state index contributed by atoms with van der Waals surface area (Å²) < 4.78 is 46.8. The van der Waals surface area contributed by atoms with Crippen LogP contribution in [-0.4, -0.2) is 62.7 Å². The van der Waals surface area contributed by atoms with E-state index in [0.717, 1.165) is 18.2 Å². The molecule has 3 rings (SSSR count). The minimum atomic E-state index is -4.23. The lowest BCUT2D eigenvalue weighted by Crippen LogP contribution is -2.27. The molecule has 0 aliphatic rings. The standard InChI is InChI=1S/C25H24ClFN4O6S/c1-15(25(33)34)12-31(2)14-29-21-6-4-16(8-18(21)13-32)17-9-22(24(37-3)28-11-17)30-38(35,36)23-7-5-19(27)10-20(23)26/h4-11,13-15,30H,12H2,1-3H3,(H,33,34). The Bertz CT molecular complexity index is 1500. The largest absolute Gasteiger partial charge is 0.481 e. The molecule has 0 fully saturated rings. The number of rotatable bonds is 11. The predicted molar refractivity (Wildman–Crippen MR) is 141 cm³/mol. The number of anilines is 1. The molecule has 10 nitrogen and oxygen atoms in total. The van der Waals surface area contributed by atoms with E-state index in [1.807, 2.05) is 0 Å². The number of aromatic nitrogens is 1. The maximum atomic E-state index is 13.4. The van der Waals surface area contributed by atoms with Crippen LogP contribution in [0.4, 0.5) is 15.8 Å². The van der Waals surface area contributed by atoms with Gasteiger partial charge in [-0.15, -0.1) is 0 Å². The molecule has 0 saturated heterocycles. The zero-order valence-electron chi connectivity index (χ0n) is 20.6. The zero-order chi connectivity index (χ0) is 28.0. The molecule has 2 aromatic carbocycles. The Kier molecular flexibility index (Phi) is 9.02. The van der Waals surface area contributed by atoms with Crippen molar-refractivity contribution in [3.05, 3.63) is 65.1 Å². The Hall–Kier alpha value is -4.03. The van der Waals surface area contributed by atoms with Crippen molar-refractivity contribution in [1.29, 1.82) is 0 Å². The summed E-state index contributed by atoms with van der Waals surface area (Å²) in [6, 6.07) is 9.18. The number of ether oxygens (including phenoxy) is 1. The third-order valence-electron chi connectivity index (χ3n) is 5.34. The summed E-state index contributed by atoms with van der Waals surface area (Å²) in [7, 11) is -1.24. The van der Waals surface area contributed by atoms with Gasteiger partial charge in [0, 0.05) is 30.9 Å². The van der Waals surface area contributed by atoms with Crippen molar-refractivity contribution >= 4 is 51.6 Å². The van der Waals surface area contributed by atoms with Gasteiger partial charge in [0.1, 0.15) is 16.4 Å². The number of halogens is 2. The molecule has 0 aliphatic carbocycles. The van der Waals surface area contributed by atoms with E-state index in [4.69, 9.17) is 21.4 Å². The highest BCUT2D eigenvalue weighted by molar-refractivity contribution is 7.92. The minimum absolute atomic E-state index is 0.00526. The minimum Gasteiger partial charge on any atom is -0.481 e. The van der Waals surface area contributed by atoms with Crippen LogP contribution in [0.25, 0.3) is 11.1 Å². The summed E-state index contributed by atoms with van der Waals surface area (Å²) in [5.74, 6) is -2.24. The van der Waals surface area contributed by atoms with Gasteiger partial charge in [0.05, 0.1) is 30.1 Å². The average Bonchev–Trinajstić information content (AvgIpc) is 2.86. The molecule has 0 amide bonds. The second-order valence-corrected chi connectivity index (χ2v) is 10.3. The van der Waals surface area contributed by atoms with E-state index in [-0.39, 0.29) is 33.6 Å². The smallest absolute Gasteiger partial charge is 0.308 e. The fourth-order valence-electron chi connectivity index (χ4n) is 3.40. The fraction of sp³-hybridized carbons (Fsp3) is 0.200. The van der Waals surface area contributed by atoms with Crippen molar-refractivity contribution in [2.24, 2.45) is 10.9 Å². The molecule has 1 unspecified atom stereocenters. The number of carbonyl (C=O) groups excluding carboxylic acids is 1. The highest BCUT2D eigenvalue weighted by Gasteiger charge is 2.21. The molecular formula is C25H24ClFN4O6S. The maximum absolute atomic E-state index is 13.4. The van der Waals surface area contributed by atoms with E-state index in [1.54, 1.807) is 37.1 Å². The SMILES string of the molecule is COc1ncc(-c2ccc(N=CN(C)CC(C)C(=O)O)c(C=O)c2)cc1NS(=O)(=O)c1ccc(F)cc1Cl. The molecule has 200 valence electrons. The van der Waals surface area contributed by atoms with Crippen LogP contribution in [0, 0.1) is 11.7 Å². The maximum Gasteiger partial charge on any atom is 0.308 e. The van der Waals surface area contributed by atoms with Gasteiger partial charge in [-0.1, -0.05) is 24.6 Å². The van der Waals surface area contributed by atoms with E-state index in [1.165, 1.54) is 25.7 Å². The fourth-order valence-corrected chi connectivity index (χ4v) is 4.98. The summed E-state index contributed by atoms with van der Waals surface area (Å²) in [5.41, 5.74) is 1.59. The first-order valence-electron chi connectivity index (χ1n) is 11.0. The summed E-state index contributed by atoms with van der Waals surface area (Å²) in [5, 5.41) is 8.75. The van der Waals surface area contributed by atoms with E-state index in [2.05, 4.69) is 14.7 Å². The van der Waals surface area contributed by atoms with Crippen molar-refractivity contribution in [3.8, 4) is 17.0 Å². The number of aliphatic imine (C=N–C) groups is 1. The van der Waals surface area contributed by atoms with Gasteiger partial charge in [-0.2, -0.15) is 0 Å². The number of carbonyl (C=O) groups is 2. The van der Waals surface area contributed by atoms with Gasteiger partial charge in [0.2, 0.25) is 5.88 Å². The van der Waals surface area contributed by atoms with E-state index in [9.17, 15) is 22.4 Å². The quantitative estimate of drug-likeness (QED) is 0.198. The van der Waals surface area contributed by atoms with Gasteiger partial charge >= 0.3 is 5.97 Å². The van der Waals surface area contributed by atoms with Crippen molar-refractivity contribution in [1.82, 2.24) is 9.88 Å². The van der Waals surface area contributed by atoms with Crippen LogP contribution >= 0.6 is 11.6 Å². The van der Waals surface area contributed by atoms with E-state index >= 15 is 0 Å². The molecule has 0 bridgehead atoms. The van der Waals surface area contributed by atoms with Gasteiger partial charge in [0.25, 0.3) is 10.0 Å². The van der Waals surface area contributed by atoms with Crippen molar-refractivity contribution < 1.29 is 32.2 Å². The third-order valence-corrected chi connectivity index (χ3v) is 7.19. The molecular weight excluding hydrogens is 539 g/mol. The molecule has 2 N–H and O–H groups in total. The number of nitrogens with one attached hydrogen (secondary N) is 1. The Morgan fingerprint density at radius 2 is 2.00 bits per heavy atom. The number of methoxy groups -OCH3 is 1. The number of benzene rings is 2. The van der Waals surface area contributed by atoms with Crippen LogP contribution in [0.5, 0.6) is 5.88 Å². The van der Waals surface area contributed by atoms with Gasteiger partial charge < -0.3 is 14.7 Å². The third kappa shape index (κ3) is 6.84. The van der Waals surface area contributed by atoms with Crippen LogP contribution in [0.15, 0.2) is 58.5 Å². The lowest BCUT2D eigenvalue weighted by atomic mass is 10.0. The highest BCUT2D eigenvalue weighted by Crippen LogP contribution is 2.33. The first kappa shape index (κ1) is 28.5. The first-order valence-corrected chi connectivity index (χ1v) is 12.9. The highest BCUT2D eigenvalue weighted by atomic mass is 35.5. The Balaban J connectivity index is 1.92. The number of carboxylic acid groups (broad SMARTS) is 1. The van der Waals surface area contributed by atoms with E-state index < -0.39 is 27.7 Å². The number of hydrogen-bond donors (Lipinski definition) is 2. The van der Waals surface area contributed by atoms with Crippen LogP contribution in [-0.2, 0) is 14.8 Å². The number of sulfonamides is 1. The molecule has 0 spiro atoms. The molecule has 1 heterocycles. The van der Waals surface area contributed by atoms with Crippen LogP contribution < -0.4 is 9.46 Å². The van der Waals surface area contributed by atoms with Crippen LogP contribution in [0.1, 0.15) is 17.3 Å². The summed E-state index contributed by atoms with van der Waals surface area (Å²) >= 11 is 5.93. The van der Waals surface area contributed by atoms with Crippen LogP contribution in [0.3, 0.4) is 0 Å². The summed E-state index contributed by atoms with van der Waals surface area (Å²) in [4.78, 5) is 32.5. The average molecular weight is 563 g/mol. The van der Waals surface area contributed by atoms with Gasteiger partial charge in [-0.3, -0.25) is 14.3 Å². The Morgan fingerprint density at radius 3 is 2.63 bits per heavy atom. The molecule has 0 radical (unpaired) electrons. The van der Waals surface area contributed by atoms with Crippen molar-refractivity contribution in [3.63, 3.8) is 0 Å². The lowest BCUT2D eigenvalue weighted by molar-refractivity contribution is -0.141. The number of aldehydes is 1. The molecule has 1 atom stereocenters. The Labute approximate surface area is 223 Å². The number of hydrogen-bond acceptors (Lipinski definition) is 7. The zero-order valence-corrected chi connectivity index (χ0v) is 22.1. The van der Waals surface area contributed by atoms with Gasteiger partial charge in [0.15, 0.2) is 6.29 Å². The number of pyridine rings is 1. The van der Waals surface area contributed by atoms with Crippen molar-refractivity contribution in [2.75, 3.05) is 25.4 Å². The summed E-state index contributed by atoms with van der Waals surface area (Å²) in [6.45, 7) is 1.80. The van der Waals surface area contributed by atoms with E-state index in [0.29, 0.717) is 23.1 Å². The molecule has 0 aliphatic heterocycles. The monoisotopic (exact) mass is 562 g/mol. The molecule has 38 heavy (non-hydrogen) atoms. The van der Waals surface area contributed by atoms with Crippen LogP contribution in [0.2, 0.25) is 5.02 Å². The molecule has 13 heteroatoms. The van der Waals surface area contributed by atoms with Gasteiger partial charge in [-0.25, -0.2) is 22.8 Å².